The van der Waals surface area contributed by atoms with Gasteiger partial charge in [-0.15, -0.1) is 0 Å². The van der Waals surface area contributed by atoms with Crippen LogP contribution in [0.5, 0.6) is 0 Å². The smallest absolute Gasteiger partial charge is 0.267 e. The lowest BCUT2D eigenvalue weighted by Gasteiger charge is -2.11. The zero-order valence-electron chi connectivity index (χ0n) is 15.5. The normalized spacial score (nSPS) is 11.0. The fraction of sp³-hybridized carbons (Fsp3) is 0.0870. The molecule has 0 radical (unpaired) electrons. The number of benzene rings is 2. The van der Waals surface area contributed by atoms with Crippen LogP contribution < -0.4 is 5.73 Å². The third-order valence-electron chi connectivity index (χ3n) is 4.72. The van der Waals surface area contributed by atoms with Crippen LogP contribution in [0.4, 0.5) is 4.39 Å². The highest BCUT2D eigenvalue weighted by Gasteiger charge is 2.12. The van der Waals surface area contributed by atoms with E-state index in [-0.39, 0.29) is 18.1 Å². The highest BCUT2D eigenvalue weighted by molar-refractivity contribution is 6.00. The van der Waals surface area contributed by atoms with Crippen molar-refractivity contribution in [1.29, 1.82) is 0 Å². The van der Waals surface area contributed by atoms with Gasteiger partial charge in [0.05, 0.1) is 12.1 Å². The number of fused-ring (bicyclic) bond motifs is 1. The zero-order valence-corrected chi connectivity index (χ0v) is 15.5. The third-order valence-corrected chi connectivity index (χ3v) is 4.72. The second-order valence-corrected chi connectivity index (χ2v) is 6.81. The van der Waals surface area contributed by atoms with Crippen LogP contribution in [-0.2, 0) is 13.0 Å². The van der Waals surface area contributed by atoms with E-state index in [4.69, 9.17) is 5.73 Å². The number of carbonyl (C=O) groups is 1. The number of amides is 1. The first-order chi connectivity index (χ1) is 14.0. The first-order valence-corrected chi connectivity index (χ1v) is 9.06. The van der Waals surface area contributed by atoms with E-state index in [1.165, 1.54) is 12.1 Å². The standard InChI is InChI=1S/C23H18FN3O2/c24-18-4-2-17(3-5-18)20-10-22(23(25)29)27-21-9-14(1-6-19(20)21)7-15-8-16(13-28)12-26-11-15/h1-6,8-12,28H,7,13H2,(H2,25,29). The maximum Gasteiger partial charge on any atom is 0.267 e. The molecule has 0 saturated carbocycles. The summed E-state index contributed by atoms with van der Waals surface area (Å²) in [6.45, 7) is -0.0664. The summed E-state index contributed by atoms with van der Waals surface area (Å²) in [5, 5.41) is 10.1. The number of nitrogens with two attached hydrogens (primary N) is 1. The summed E-state index contributed by atoms with van der Waals surface area (Å²) in [7, 11) is 0. The van der Waals surface area contributed by atoms with Gasteiger partial charge in [-0.05, 0) is 58.5 Å². The molecule has 2 aromatic heterocycles. The predicted octanol–water partition coefficient (Wildman–Crippen LogP) is 3.62. The molecule has 0 fully saturated rings. The molecular weight excluding hydrogens is 369 g/mol. The molecule has 0 aliphatic rings. The molecule has 5 nitrogen and oxygen atoms in total. The number of hydrogen-bond acceptors (Lipinski definition) is 4. The molecule has 6 heteroatoms. The van der Waals surface area contributed by atoms with Crippen LogP contribution in [0.1, 0.15) is 27.2 Å². The van der Waals surface area contributed by atoms with Gasteiger partial charge >= 0.3 is 0 Å². The van der Waals surface area contributed by atoms with Crippen LogP contribution in [-0.4, -0.2) is 21.0 Å². The number of halogens is 1. The topological polar surface area (TPSA) is 89.1 Å². The van der Waals surface area contributed by atoms with E-state index in [1.807, 2.05) is 24.3 Å². The zero-order chi connectivity index (χ0) is 20.4. The van der Waals surface area contributed by atoms with Crippen molar-refractivity contribution in [2.45, 2.75) is 13.0 Å². The number of aliphatic hydroxyl groups excluding tert-OH is 1. The lowest BCUT2D eigenvalue weighted by atomic mass is 9.97. The number of rotatable bonds is 5. The summed E-state index contributed by atoms with van der Waals surface area (Å²) in [5.41, 5.74) is 10.5. The van der Waals surface area contributed by atoms with E-state index < -0.39 is 5.91 Å². The van der Waals surface area contributed by atoms with Gasteiger partial charge in [0, 0.05) is 17.8 Å². The lowest BCUT2D eigenvalue weighted by Crippen LogP contribution is -2.13. The molecule has 0 atom stereocenters. The third kappa shape index (κ3) is 3.97. The summed E-state index contributed by atoms with van der Waals surface area (Å²) in [6.07, 6.45) is 3.98. The fourth-order valence-corrected chi connectivity index (χ4v) is 3.34. The SMILES string of the molecule is NC(=O)c1cc(-c2ccc(F)cc2)c2ccc(Cc3cncc(CO)c3)cc2n1. The number of primary amides is 1. The molecule has 144 valence electrons. The number of pyridine rings is 2. The summed E-state index contributed by atoms with van der Waals surface area (Å²) in [6, 6.07) is 15.4. The van der Waals surface area contributed by atoms with E-state index in [9.17, 15) is 14.3 Å². The van der Waals surface area contributed by atoms with E-state index in [0.717, 1.165) is 33.2 Å². The van der Waals surface area contributed by atoms with Crippen molar-refractivity contribution in [3.05, 3.63) is 95.2 Å². The molecule has 0 saturated heterocycles. The van der Waals surface area contributed by atoms with Gasteiger partial charge in [0.1, 0.15) is 11.5 Å². The lowest BCUT2D eigenvalue weighted by molar-refractivity contribution is 0.0996. The van der Waals surface area contributed by atoms with Crippen molar-refractivity contribution in [2.75, 3.05) is 0 Å². The van der Waals surface area contributed by atoms with Crippen molar-refractivity contribution in [2.24, 2.45) is 5.73 Å². The maximum atomic E-state index is 13.3. The van der Waals surface area contributed by atoms with Gasteiger partial charge < -0.3 is 10.8 Å². The molecule has 0 aliphatic carbocycles. The van der Waals surface area contributed by atoms with Gasteiger partial charge in [-0.3, -0.25) is 9.78 Å². The van der Waals surface area contributed by atoms with E-state index in [0.29, 0.717) is 11.9 Å². The molecule has 2 heterocycles. The van der Waals surface area contributed by atoms with Crippen LogP contribution in [0.25, 0.3) is 22.0 Å². The van der Waals surface area contributed by atoms with Crippen LogP contribution >= 0.6 is 0 Å². The molecule has 0 aliphatic heterocycles. The Labute approximate surface area is 166 Å². The van der Waals surface area contributed by atoms with Crippen LogP contribution in [0.15, 0.2) is 67.0 Å². The Balaban J connectivity index is 1.81. The average molecular weight is 387 g/mol. The minimum absolute atomic E-state index is 0.0664. The highest BCUT2D eigenvalue weighted by Crippen LogP contribution is 2.30. The Hall–Kier alpha value is -3.64. The summed E-state index contributed by atoms with van der Waals surface area (Å²) in [5.74, 6) is -0.955. The molecule has 4 aromatic rings. The molecule has 29 heavy (non-hydrogen) atoms. The van der Waals surface area contributed by atoms with Crippen molar-refractivity contribution < 1.29 is 14.3 Å². The molecule has 0 unspecified atom stereocenters. The minimum Gasteiger partial charge on any atom is -0.392 e. The molecular formula is C23H18FN3O2. The van der Waals surface area contributed by atoms with E-state index >= 15 is 0 Å². The Morgan fingerprint density at radius 3 is 2.45 bits per heavy atom. The monoisotopic (exact) mass is 387 g/mol. The second-order valence-electron chi connectivity index (χ2n) is 6.81. The quantitative estimate of drug-likeness (QED) is 0.547. The highest BCUT2D eigenvalue weighted by atomic mass is 19.1. The van der Waals surface area contributed by atoms with Gasteiger partial charge in [0.15, 0.2) is 0 Å². The minimum atomic E-state index is -0.625. The molecule has 3 N–H and O–H groups in total. The Morgan fingerprint density at radius 2 is 1.72 bits per heavy atom. The van der Waals surface area contributed by atoms with Crippen molar-refractivity contribution in [3.63, 3.8) is 0 Å². The number of hydrogen-bond donors (Lipinski definition) is 2. The summed E-state index contributed by atoms with van der Waals surface area (Å²) >= 11 is 0. The van der Waals surface area contributed by atoms with E-state index in [1.54, 1.807) is 30.6 Å². The summed E-state index contributed by atoms with van der Waals surface area (Å²) in [4.78, 5) is 20.4. The van der Waals surface area contributed by atoms with Crippen molar-refractivity contribution in [1.82, 2.24) is 9.97 Å². The van der Waals surface area contributed by atoms with Crippen LogP contribution in [0.3, 0.4) is 0 Å². The first kappa shape index (κ1) is 18.7. The average Bonchev–Trinajstić information content (AvgIpc) is 2.73. The number of aromatic nitrogens is 2. The number of carbonyl (C=O) groups excluding carboxylic acids is 1. The Kier molecular flexibility index (Phi) is 5.01. The molecule has 0 bridgehead atoms. The molecule has 4 rings (SSSR count). The van der Waals surface area contributed by atoms with E-state index in [2.05, 4.69) is 9.97 Å². The maximum absolute atomic E-state index is 13.3. The van der Waals surface area contributed by atoms with Gasteiger partial charge in [-0.25, -0.2) is 9.37 Å². The molecule has 2 aromatic carbocycles. The second kappa shape index (κ2) is 7.77. The largest absolute Gasteiger partial charge is 0.392 e. The predicted molar refractivity (Wildman–Crippen MR) is 109 cm³/mol. The van der Waals surface area contributed by atoms with Crippen LogP contribution in [0.2, 0.25) is 0 Å². The van der Waals surface area contributed by atoms with Gasteiger partial charge in [-0.2, -0.15) is 0 Å². The van der Waals surface area contributed by atoms with Crippen molar-refractivity contribution >= 4 is 16.8 Å². The van der Waals surface area contributed by atoms with Crippen molar-refractivity contribution in [3.8, 4) is 11.1 Å². The van der Waals surface area contributed by atoms with Gasteiger partial charge in [0.25, 0.3) is 5.91 Å². The van der Waals surface area contributed by atoms with Crippen LogP contribution in [0, 0.1) is 5.82 Å². The number of aliphatic hydroxyl groups is 1. The Bertz CT molecular complexity index is 1210. The summed E-state index contributed by atoms with van der Waals surface area (Å²) < 4.78 is 13.3. The first-order valence-electron chi connectivity index (χ1n) is 9.06. The molecule has 1 amide bonds. The fourth-order valence-electron chi connectivity index (χ4n) is 3.34. The van der Waals surface area contributed by atoms with Gasteiger partial charge in [0.2, 0.25) is 0 Å². The Morgan fingerprint density at radius 1 is 0.966 bits per heavy atom. The number of nitrogens with zero attached hydrogens (tertiary/aromatic N) is 2. The van der Waals surface area contributed by atoms with Gasteiger partial charge in [-0.1, -0.05) is 30.3 Å². The molecule has 0 spiro atoms.